The first-order chi connectivity index (χ1) is 22.3. The van der Waals surface area contributed by atoms with Crippen molar-refractivity contribution >= 4 is 54.3 Å². The van der Waals surface area contributed by atoms with E-state index in [2.05, 4.69) is 158 Å². The van der Waals surface area contributed by atoms with E-state index in [9.17, 15) is 0 Å². The van der Waals surface area contributed by atoms with Crippen molar-refractivity contribution in [3.05, 3.63) is 169 Å². The lowest BCUT2D eigenvalue weighted by Crippen LogP contribution is -1.97. The lowest BCUT2D eigenvalue weighted by atomic mass is 9.85. The Morgan fingerprint density at radius 3 is 1.76 bits per heavy atom. The fraction of sp³-hybridized carbons (Fsp3) is 0.0455. The van der Waals surface area contributed by atoms with Crippen molar-refractivity contribution in [1.29, 1.82) is 0 Å². The van der Waals surface area contributed by atoms with Crippen LogP contribution < -0.4 is 0 Å². The lowest BCUT2D eigenvalue weighted by molar-refractivity contribution is 0.669. The monoisotopic (exact) mass is 574 g/mol. The summed E-state index contributed by atoms with van der Waals surface area (Å²) in [5.74, 6) is 0. The van der Waals surface area contributed by atoms with Crippen LogP contribution in [0.5, 0.6) is 0 Å². The van der Waals surface area contributed by atoms with Crippen LogP contribution >= 0.6 is 0 Å². The van der Waals surface area contributed by atoms with E-state index in [-0.39, 0.29) is 0 Å². The van der Waals surface area contributed by atoms with E-state index in [0.717, 1.165) is 24.0 Å². The molecule has 0 saturated carbocycles. The zero-order valence-corrected chi connectivity index (χ0v) is 24.8. The molecule has 9 rings (SSSR count). The third kappa shape index (κ3) is 4.24. The Labute approximate surface area is 262 Å². The Morgan fingerprint density at radius 1 is 0.378 bits per heavy atom. The average Bonchev–Trinajstić information content (AvgIpc) is 3.50. The first-order valence-corrected chi connectivity index (χ1v) is 15.7. The molecule has 0 aliphatic heterocycles. The summed E-state index contributed by atoms with van der Waals surface area (Å²) in [6.07, 6.45) is 1.86. The second-order valence-electron chi connectivity index (χ2n) is 11.9. The van der Waals surface area contributed by atoms with Crippen molar-refractivity contribution in [1.82, 2.24) is 0 Å². The van der Waals surface area contributed by atoms with Crippen LogP contribution in [-0.2, 0) is 12.8 Å². The molecule has 0 atom stereocenters. The molecular formula is C44H30O. The topological polar surface area (TPSA) is 13.1 Å². The van der Waals surface area contributed by atoms with Crippen LogP contribution in [0, 0.1) is 0 Å². The summed E-state index contributed by atoms with van der Waals surface area (Å²) in [7, 11) is 0. The Bertz CT molecular complexity index is 2480. The molecule has 0 aliphatic carbocycles. The molecule has 1 nitrogen and oxygen atoms in total. The highest BCUT2D eigenvalue weighted by Crippen LogP contribution is 2.42. The first-order valence-electron chi connectivity index (χ1n) is 15.7. The molecule has 212 valence electrons. The van der Waals surface area contributed by atoms with Crippen molar-refractivity contribution in [2.24, 2.45) is 0 Å². The Balaban J connectivity index is 1.22. The van der Waals surface area contributed by atoms with Crippen molar-refractivity contribution < 1.29 is 4.42 Å². The maximum absolute atomic E-state index is 6.40. The van der Waals surface area contributed by atoms with Gasteiger partial charge < -0.3 is 4.42 Å². The third-order valence-electron chi connectivity index (χ3n) is 9.42. The molecule has 1 heterocycles. The van der Waals surface area contributed by atoms with E-state index >= 15 is 0 Å². The van der Waals surface area contributed by atoms with E-state index in [4.69, 9.17) is 4.42 Å². The molecule has 0 amide bonds. The maximum atomic E-state index is 6.40. The van der Waals surface area contributed by atoms with Crippen LogP contribution in [0.1, 0.15) is 11.1 Å². The van der Waals surface area contributed by atoms with Gasteiger partial charge in [0.1, 0.15) is 11.2 Å². The molecule has 0 bridgehead atoms. The minimum Gasteiger partial charge on any atom is -0.456 e. The van der Waals surface area contributed by atoms with Crippen molar-refractivity contribution in [2.45, 2.75) is 12.8 Å². The fourth-order valence-electron chi connectivity index (χ4n) is 7.41. The minimum atomic E-state index is 0.923. The van der Waals surface area contributed by atoms with Crippen LogP contribution in [0.25, 0.3) is 76.5 Å². The molecular weight excluding hydrogens is 544 g/mol. The van der Waals surface area contributed by atoms with Crippen LogP contribution in [0.4, 0.5) is 0 Å². The van der Waals surface area contributed by atoms with Gasteiger partial charge in [0.05, 0.1) is 0 Å². The molecule has 9 aromatic rings. The fourth-order valence-corrected chi connectivity index (χ4v) is 7.41. The molecule has 0 radical (unpaired) electrons. The van der Waals surface area contributed by atoms with Gasteiger partial charge in [-0.2, -0.15) is 0 Å². The van der Waals surface area contributed by atoms with Gasteiger partial charge in [-0.25, -0.2) is 0 Å². The summed E-state index contributed by atoms with van der Waals surface area (Å²) >= 11 is 0. The van der Waals surface area contributed by atoms with Gasteiger partial charge in [-0.3, -0.25) is 0 Å². The third-order valence-corrected chi connectivity index (χ3v) is 9.42. The smallest absolute Gasteiger partial charge is 0.136 e. The highest BCUT2D eigenvalue weighted by atomic mass is 16.3. The molecule has 0 N–H and O–H groups in total. The predicted octanol–water partition coefficient (Wildman–Crippen LogP) is 12.2. The van der Waals surface area contributed by atoms with E-state index in [1.165, 1.54) is 76.5 Å². The van der Waals surface area contributed by atoms with E-state index < -0.39 is 0 Å². The number of benzene rings is 8. The Kier molecular flexibility index (Phi) is 6.02. The van der Waals surface area contributed by atoms with E-state index in [1.54, 1.807) is 0 Å². The van der Waals surface area contributed by atoms with E-state index in [1.807, 2.05) is 0 Å². The zero-order valence-electron chi connectivity index (χ0n) is 24.8. The van der Waals surface area contributed by atoms with Gasteiger partial charge in [0.15, 0.2) is 0 Å². The Morgan fingerprint density at radius 2 is 0.978 bits per heavy atom. The highest BCUT2D eigenvalue weighted by molar-refractivity contribution is 6.20. The van der Waals surface area contributed by atoms with Crippen molar-refractivity contribution in [2.75, 3.05) is 0 Å². The summed E-state index contributed by atoms with van der Waals surface area (Å²) in [6.45, 7) is 0. The maximum Gasteiger partial charge on any atom is 0.136 e. The van der Waals surface area contributed by atoms with Gasteiger partial charge in [0.2, 0.25) is 0 Å². The molecule has 0 aliphatic rings. The largest absolute Gasteiger partial charge is 0.456 e. The van der Waals surface area contributed by atoms with Gasteiger partial charge in [-0.1, -0.05) is 140 Å². The average molecular weight is 575 g/mol. The Hall–Kier alpha value is -5.66. The number of fused-ring (bicyclic) bond motifs is 7. The van der Waals surface area contributed by atoms with Gasteiger partial charge in [0, 0.05) is 10.8 Å². The molecule has 1 heteroatoms. The molecule has 1 aromatic heterocycles. The number of furan rings is 1. The predicted molar refractivity (Wildman–Crippen MR) is 191 cm³/mol. The number of hydrogen-bond acceptors (Lipinski definition) is 1. The van der Waals surface area contributed by atoms with E-state index in [0.29, 0.717) is 0 Å². The second-order valence-corrected chi connectivity index (χ2v) is 11.9. The summed E-state index contributed by atoms with van der Waals surface area (Å²) in [5.41, 5.74) is 9.66. The van der Waals surface area contributed by atoms with Gasteiger partial charge in [-0.05, 0) is 96.7 Å². The molecule has 0 fully saturated rings. The van der Waals surface area contributed by atoms with Crippen LogP contribution in [0.15, 0.2) is 162 Å². The normalized spacial score (nSPS) is 11.7. The number of rotatable bonds is 5. The molecule has 0 saturated heterocycles. The summed E-state index contributed by atoms with van der Waals surface area (Å²) in [4.78, 5) is 0. The number of hydrogen-bond donors (Lipinski definition) is 0. The summed E-state index contributed by atoms with van der Waals surface area (Å²) in [6, 6.07) is 57.0. The zero-order chi connectivity index (χ0) is 29.7. The molecule has 0 unspecified atom stereocenters. The molecule has 8 aromatic carbocycles. The van der Waals surface area contributed by atoms with Gasteiger partial charge in [-0.15, -0.1) is 0 Å². The quantitative estimate of drug-likeness (QED) is 0.186. The van der Waals surface area contributed by atoms with Crippen LogP contribution in [0.3, 0.4) is 0 Å². The lowest BCUT2D eigenvalue weighted by Gasteiger charge is -2.18. The summed E-state index contributed by atoms with van der Waals surface area (Å²) < 4.78 is 6.40. The number of aryl methyl sites for hydroxylation is 2. The first kappa shape index (κ1) is 25.8. The van der Waals surface area contributed by atoms with Crippen molar-refractivity contribution in [3.8, 4) is 22.3 Å². The standard InChI is InChI=1S/C44H30O/c1-2-12-29(13-3-1)32-16-10-17-33(28-32)42-38-21-8-6-19-35(38)37(36-20-7-9-22-39(36)42)26-24-31-15-11-23-40-43(31)44-34-18-5-4-14-30(34)25-27-41(44)45-40/h1-23,25,27-28H,24,26H2. The van der Waals surface area contributed by atoms with Crippen LogP contribution in [0.2, 0.25) is 0 Å². The van der Waals surface area contributed by atoms with Gasteiger partial charge in [0.25, 0.3) is 0 Å². The summed E-state index contributed by atoms with van der Waals surface area (Å²) in [5, 5.41) is 10.2. The minimum absolute atomic E-state index is 0.923. The molecule has 0 spiro atoms. The highest BCUT2D eigenvalue weighted by Gasteiger charge is 2.18. The molecule has 45 heavy (non-hydrogen) atoms. The SMILES string of the molecule is c1ccc(-c2cccc(-c3c4ccccc4c(CCc4cccc5oc6ccc7ccccc7c6c45)c4ccccc34)c2)cc1. The van der Waals surface area contributed by atoms with Gasteiger partial charge >= 0.3 is 0 Å². The van der Waals surface area contributed by atoms with Crippen molar-refractivity contribution in [3.63, 3.8) is 0 Å². The van der Waals surface area contributed by atoms with Crippen LogP contribution in [-0.4, -0.2) is 0 Å². The second kappa shape index (κ2) is 10.5.